The summed E-state index contributed by atoms with van der Waals surface area (Å²) in [5.41, 5.74) is 3.33. The molecule has 0 radical (unpaired) electrons. The molecule has 4 rings (SSSR count). The van der Waals surface area contributed by atoms with Gasteiger partial charge in [0, 0.05) is 5.69 Å². The van der Waals surface area contributed by atoms with Crippen LogP contribution >= 0.6 is 11.8 Å². The number of benzene rings is 1. The molecule has 0 fully saturated rings. The summed E-state index contributed by atoms with van der Waals surface area (Å²) < 4.78 is 12.4. The third-order valence-corrected chi connectivity index (χ3v) is 4.57. The lowest BCUT2D eigenvalue weighted by Crippen LogP contribution is -2.19. The molecule has 28 heavy (non-hydrogen) atoms. The second-order valence-corrected chi connectivity index (χ2v) is 6.49. The molecule has 0 bridgehead atoms. The Morgan fingerprint density at radius 3 is 2.64 bits per heavy atom. The Morgan fingerprint density at radius 2 is 1.89 bits per heavy atom. The van der Waals surface area contributed by atoms with Crippen molar-refractivity contribution < 1.29 is 13.6 Å². The van der Waals surface area contributed by atoms with Crippen molar-refractivity contribution in [3.8, 4) is 17.3 Å². The maximum absolute atomic E-state index is 12.1. The summed E-state index contributed by atoms with van der Waals surface area (Å²) in [7, 11) is 0. The van der Waals surface area contributed by atoms with Gasteiger partial charge in [-0.15, -0.1) is 10.2 Å². The minimum absolute atomic E-state index is 0.124. The molecule has 0 saturated carbocycles. The van der Waals surface area contributed by atoms with E-state index < -0.39 is 0 Å². The number of furan rings is 2. The number of nitrogens with zero attached hydrogens (tertiary/aromatic N) is 4. The molecule has 1 aromatic carbocycles. The van der Waals surface area contributed by atoms with E-state index in [1.54, 1.807) is 24.5 Å². The second kappa shape index (κ2) is 8.40. The van der Waals surface area contributed by atoms with Crippen molar-refractivity contribution in [2.45, 2.75) is 5.16 Å². The predicted octanol–water partition coefficient (Wildman–Crippen LogP) is 3.36. The smallest absolute Gasteiger partial charge is 0.250 e. The highest BCUT2D eigenvalue weighted by Crippen LogP contribution is 2.27. The first-order valence-electron chi connectivity index (χ1n) is 8.34. The van der Waals surface area contributed by atoms with Crippen LogP contribution in [0.2, 0.25) is 0 Å². The fourth-order valence-electron chi connectivity index (χ4n) is 2.43. The lowest BCUT2D eigenvalue weighted by Gasteiger charge is -2.08. The van der Waals surface area contributed by atoms with Gasteiger partial charge in [0.05, 0.1) is 24.5 Å². The molecular formula is C19H15N5O3S. The molecule has 8 nitrogen and oxygen atoms in total. The van der Waals surface area contributed by atoms with Gasteiger partial charge >= 0.3 is 0 Å². The number of carbonyl (C=O) groups is 1. The van der Waals surface area contributed by atoms with E-state index in [9.17, 15) is 4.79 Å². The number of amides is 1. The number of aromatic nitrogens is 3. The zero-order valence-corrected chi connectivity index (χ0v) is 15.4. The van der Waals surface area contributed by atoms with Crippen molar-refractivity contribution in [3.63, 3.8) is 0 Å². The van der Waals surface area contributed by atoms with Crippen LogP contribution in [0.5, 0.6) is 0 Å². The topological polar surface area (TPSA) is 98.5 Å². The Balaban J connectivity index is 1.49. The van der Waals surface area contributed by atoms with E-state index in [1.165, 1.54) is 24.2 Å². The lowest BCUT2D eigenvalue weighted by atomic mass is 10.3. The Labute approximate surface area is 164 Å². The molecule has 9 heteroatoms. The molecule has 0 aliphatic heterocycles. The normalized spacial score (nSPS) is 11.1. The Morgan fingerprint density at radius 1 is 1.07 bits per heavy atom. The van der Waals surface area contributed by atoms with Crippen LogP contribution in [0, 0.1) is 0 Å². The monoisotopic (exact) mass is 393 g/mol. The van der Waals surface area contributed by atoms with Gasteiger partial charge in [-0.05, 0) is 36.4 Å². The van der Waals surface area contributed by atoms with Crippen molar-refractivity contribution >= 4 is 23.9 Å². The first kappa shape index (κ1) is 17.8. The molecule has 0 atom stereocenters. The van der Waals surface area contributed by atoms with E-state index in [0.29, 0.717) is 22.5 Å². The minimum atomic E-state index is -0.269. The standard InChI is InChI=1S/C19H15N5O3S/c25-17(21-20-12-15-8-4-10-26-15)13-28-19-23-22-18(16-9-5-11-27-16)24(19)14-6-2-1-3-7-14/h1-12H,13H2,(H,21,25)/b20-12+. The number of hydrogen-bond donors (Lipinski definition) is 1. The summed E-state index contributed by atoms with van der Waals surface area (Å²) in [5.74, 6) is 1.57. The largest absolute Gasteiger partial charge is 0.463 e. The quantitative estimate of drug-likeness (QED) is 0.294. The van der Waals surface area contributed by atoms with Gasteiger partial charge in [0.1, 0.15) is 5.76 Å². The minimum Gasteiger partial charge on any atom is -0.463 e. The van der Waals surface area contributed by atoms with Crippen LogP contribution in [0.3, 0.4) is 0 Å². The van der Waals surface area contributed by atoms with Crippen molar-refractivity contribution in [3.05, 3.63) is 72.9 Å². The Kier molecular flexibility index (Phi) is 5.34. The first-order chi connectivity index (χ1) is 13.8. The van der Waals surface area contributed by atoms with E-state index in [1.807, 2.05) is 41.0 Å². The fourth-order valence-corrected chi connectivity index (χ4v) is 3.18. The average molecular weight is 393 g/mol. The van der Waals surface area contributed by atoms with Crippen LogP contribution < -0.4 is 5.43 Å². The van der Waals surface area contributed by atoms with Crippen LogP contribution in [-0.4, -0.2) is 32.6 Å². The van der Waals surface area contributed by atoms with E-state index in [4.69, 9.17) is 8.83 Å². The number of carbonyl (C=O) groups excluding carboxylic acids is 1. The lowest BCUT2D eigenvalue weighted by molar-refractivity contribution is -0.118. The Hall–Kier alpha value is -3.59. The highest BCUT2D eigenvalue weighted by atomic mass is 32.2. The van der Waals surface area contributed by atoms with Gasteiger partial charge in [-0.25, -0.2) is 5.43 Å². The van der Waals surface area contributed by atoms with Crippen molar-refractivity contribution in [1.29, 1.82) is 0 Å². The van der Waals surface area contributed by atoms with Crippen LogP contribution in [0.25, 0.3) is 17.3 Å². The molecule has 0 unspecified atom stereocenters. The molecule has 140 valence electrons. The van der Waals surface area contributed by atoms with Crippen molar-refractivity contribution in [2.24, 2.45) is 5.10 Å². The first-order valence-corrected chi connectivity index (χ1v) is 9.33. The summed E-state index contributed by atoms with van der Waals surface area (Å²) in [6.45, 7) is 0. The zero-order chi connectivity index (χ0) is 19.2. The van der Waals surface area contributed by atoms with Gasteiger partial charge in [0.2, 0.25) is 5.82 Å². The number of nitrogens with one attached hydrogen (secondary N) is 1. The third-order valence-electron chi connectivity index (χ3n) is 3.65. The fraction of sp³-hybridized carbons (Fsp3) is 0.0526. The van der Waals surface area contributed by atoms with Crippen molar-refractivity contribution in [1.82, 2.24) is 20.2 Å². The predicted molar refractivity (Wildman–Crippen MR) is 104 cm³/mol. The summed E-state index contributed by atoms with van der Waals surface area (Å²) in [6.07, 6.45) is 4.55. The van der Waals surface area contributed by atoms with Gasteiger partial charge in [0.25, 0.3) is 5.91 Å². The maximum Gasteiger partial charge on any atom is 0.250 e. The number of hydrogen-bond acceptors (Lipinski definition) is 7. The third kappa shape index (κ3) is 4.04. The molecule has 1 N–H and O–H groups in total. The van der Waals surface area contributed by atoms with E-state index in [2.05, 4.69) is 20.7 Å². The summed E-state index contributed by atoms with van der Waals surface area (Å²) in [4.78, 5) is 12.1. The number of para-hydroxylation sites is 1. The summed E-state index contributed by atoms with van der Waals surface area (Å²) in [5, 5.41) is 12.9. The SMILES string of the molecule is O=C(CSc1nnc(-c2ccco2)n1-c1ccccc1)N/N=C/c1ccco1. The Bertz CT molecular complexity index is 1060. The second-order valence-electron chi connectivity index (χ2n) is 5.55. The highest BCUT2D eigenvalue weighted by molar-refractivity contribution is 7.99. The van der Waals surface area contributed by atoms with Gasteiger partial charge in [-0.1, -0.05) is 30.0 Å². The van der Waals surface area contributed by atoms with Gasteiger partial charge in [0.15, 0.2) is 10.9 Å². The van der Waals surface area contributed by atoms with Crippen molar-refractivity contribution in [2.75, 3.05) is 5.75 Å². The molecule has 3 aromatic heterocycles. The number of hydrazone groups is 1. The summed E-state index contributed by atoms with van der Waals surface area (Å²) in [6, 6.07) is 16.7. The number of rotatable bonds is 7. The van der Waals surface area contributed by atoms with Crippen LogP contribution in [0.1, 0.15) is 5.76 Å². The highest BCUT2D eigenvalue weighted by Gasteiger charge is 2.18. The van der Waals surface area contributed by atoms with E-state index in [0.717, 1.165) is 5.69 Å². The zero-order valence-electron chi connectivity index (χ0n) is 14.6. The average Bonchev–Trinajstić information content (AvgIpc) is 3.48. The van der Waals surface area contributed by atoms with Gasteiger partial charge in [-0.2, -0.15) is 5.10 Å². The van der Waals surface area contributed by atoms with Crippen LogP contribution in [0.4, 0.5) is 0 Å². The molecule has 0 saturated heterocycles. The molecule has 0 aliphatic carbocycles. The van der Waals surface area contributed by atoms with Crippen LogP contribution in [0.15, 0.2) is 86.2 Å². The van der Waals surface area contributed by atoms with E-state index in [-0.39, 0.29) is 11.7 Å². The number of thioether (sulfide) groups is 1. The van der Waals surface area contributed by atoms with Gasteiger partial charge < -0.3 is 8.83 Å². The molecule has 4 aromatic rings. The molecule has 0 aliphatic rings. The molecular weight excluding hydrogens is 378 g/mol. The molecule has 0 spiro atoms. The maximum atomic E-state index is 12.1. The molecule has 1 amide bonds. The van der Waals surface area contributed by atoms with E-state index >= 15 is 0 Å². The summed E-state index contributed by atoms with van der Waals surface area (Å²) >= 11 is 1.25. The van der Waals surface area contributed by atoms with Crippen LogP contribution in [-0.2, 0) is 4.79 Å². The van der Waals surface area contributed by atoms with Gasteiger partial charge in [-0.3, -0.25) is 9.36 Å². The molecule has 3 heterocycles.